The third kappa shape index (κ3) is 6.52. The number of amides is 2. The fraction of sp³-hybridized carbons (Fsp3) is 0.316. The van der Waals surface area contributed by atoms with Gasteiger partial charge in [-0.1, -0.05) is 35.5 Å². The Morgan fingerprint density at radius 3 is 2.73 bits per heavy atom. The van der Waals surface area contributed by atoms with E-state index in [1.165, 1.54) is 11.0 Å². The standard InChI is InChI=1S/C19H23N3O4/c1-15-13-17(21-26-15)20-18(23)14-22(11-6-12-25-2)19(24)10-9-16-7-4-3-5-8-16/h3-5,7-10,13H,6,11-12,14H2,1-2H3,(H,20,21,23). The summed E-state index contributed by atoms with van der Waals surface area (Å²) in [5.41, 5.74) is 0.917. The zero-order valence-corrected chi connectivity index (χ0v) is 15.0. The maximum atomic E-state index is 12.5. The molecule has 2 rings (SSSR count). The lowest BCUT2D eigenvalue weighted by Crippen LogP contribution is -2.38. The fourth-order valence-corrected chi connectivity index (χ4v) is 2.29. The van der Waals surface area contributed by atoms with Gasteiger partial charge in [0.1, 0.15) is 12.3 Å². The first-order chi connectivity index (χ1) is 12.6. The van der Waals surface area contributed by atoms with Crippen molar-refractivity contribution >= 4 is 23.7 Å². The van der Waals surface area contributed by atoms with Gasteiger partial charge in [-0.05, 0) is 25.0 Å². The highest BCUT2D eigenvalue weighted by atomic mass is 16.5. The van der Waals surface area contributed by atoms with Crippen LogP contribution in [0.3, 0.4) is 0 Å². The fourth-order valence-electron chi connectivity index (χ4n) is 2.29. The van der Waals surface area contributed by atoms with E-state index in [9.17, 15) is 9.59 Å². The van der Waals surface area contributed by atoms with Gasteiger partial charge in [-0.2, -0.15) is 0 Å². The number of carbonyl (C=O) groups excluding carboxylic acids is 2. The molecule has 0 atom stereocenters. The lowest BCUT2D eigenvalue weighted by atomic mass is 10.2. The Bertz CT molecular complexity index is 740. The molecule has 0 aliphatic heterocycles. The van der Waals surface area contributed by atoms with E-state index in [1.54, 1.807) is 26.2 Å². The van der Waals surface area contributed by atoms with Crippen LogP contribution in [0.5, 0.6) is 0 Å². The topological polar surface area (TPSA) is 84.7 Å². The summed E-state index contributed by atoms with van der Waals surface area (Å²) < 4.78 is 9.94. The van der Waals surface area contributed by atoms with Crippen molar-refractivity contribution in [1.82, 2.24) is 10.1 Å². The SMILES string of the molecule is COCCCN(CC(=O)Nc1cc(C)on1)C(=O)C=Cc1ccccc1. The Balaban J connectivity index is 1.98. The number of aromatic nitrogens is 1. The van der Waals surface area contributed by atoms with Crippen molar-refractivity contribution in [2.75, 3.05) is 32.1 Å². The molecule has 0 fully saturated rings. The molecule has 0 saturated heterocycles. The first-order valence-corrected chi connectivity index (χ1v) is 8.32. The molecular weight excluding hydrogens is 334 g/mol. The summed E-state index contributed by atoms with van der Waals surface area (Å²) in [6.45, 7) is 2.58. The molecule has 7 heteroatoms. The number of ether oxygens (including phenoxy) is 1. The van der Waals surface area contributed by atoms with Crippen molar-refractivity contribution in [2.24, 2.45) is 0 Å². The third-order valence-electron chi connectivity index (χ3n) is 3.54. The lowest BCUT2D eigenvalue weighted by Gasteiger charge is -2.20. The van der Waals surface area contributed by atoms with E-state index >= 15 is 0 Å². The molecule has 0 radical (unpaired) electrons. The first-order valence-electron chi connectivity index (χ1n) is 8.32. The number of rotatable bonds is 9. The van der Waals surface area contributed by atoms with Crippen LogP contribution in [0.4, 0.5) is 5.82 Å². The Morgan fingerprint density at radius 1 is 1.31 bits per heavy atom. The lowest BCUT2D eigenvalue weighted by molar-refractivity contribution is -0.130. The van der Waals surface area contributed by atoms with E-state index in [4.69, 9.17) is 9.26 Å². The predicted octanol–water partition coefficient (Wildman–Crippen LogP) is 2.50. The first kappa shape index (κ1) is 19.4. The zero-order chi connectivity index (χ0) is 18.8. The monoisotopic (exact) mass is 357 g/mol. The van der Waals surface area contributed by atoms with Crippen LogP contribution in [0.25, 0.3) is 6.08 Å². The third-order valence-corrected chi connectivity index (χ3v) is 3.54. The quantitative estimate of drug-likeness (QED) is 0.551. The van der Waals surface area contributed by atoms with Crippen LogP contribution in [0.15, 0.2) is 47.0 Å². The number of hydrogen-bond acceptors (Lipinski definition) is 5. The summed E-state index contributed by atoms with van der Waals surface area (Å²) in [5.74, 6) is 0.351. The number of aryl methyl sites for hydroxylation is 1. The molecule has 0 unspecified atom stereocenters. The number of nitrogens with zero attached hydrogens (tertiary/aromatic N) is 2. The van der Waals surface area contributed by atoms with Crippen molar-refractivity contribution in [1.29, 1.82) is 0 Å². The van der Waals surface area contributed by atoms with Gasteiger partial charge in [0.25, 0.3) is 0 Å². The number of methoxy groups -OCH3 is 1. The highest BCUT2D eigenvalue weighted by Crippen LogP contribution is 2.08. The number of benzene rings is 1. The molecule has 1 N–H and O–H groups in total. The number of nitrogens with one attached hydrogen (secondary N) is 1. The summed E-state index contributed by atoms with van der Waals surface area (Å²) in [5, 5.41) is 6.33. The van der Waals surface area contributed by atoms with Gasteiger partial charge in [0.15, 0.2) is 5.82 Å². The molecule has 1 aromatic heterocycles. The van der Waals surface area contributed by atoms with Gasteiger partial charge >= 0.3 is 0 Å². The zero-order valence-electron chi connectivity index (χ0n) is 15.0. The van der Waals surface area contributed by atoms with Gasteiger partial charge in [0.05, 0.1) is 0 Å². The molecule has 1 aromatic carbocycles. The molecule has 0 spiro atoms. The molecule has 26 heavy (non-hydrogen) atoms. The average Bonchev–Trinajstić information content (AvgIpc) is 3.04. The molecule has 7 nitrogen and oxygen atoms in total. The predicted molar refractivity (Wildman–Crippen MR) is 98.4 cm³/mol. The Labute approximate surface area is 152 Å². The van der Waals surface area contributed by atoms with Gasteiger partial charge in [-0.15, -0.1) is 0 Å². The van der Waals surface area contributed by atoms with Gasteiger partial charge < -0.3 is 19.5 Å². The molecule has 0 saturated carbocycles. The van der Waals surface area contributed by atoms with Crippen LogP contribution in [0.2, 0.25) is 0 Å². The van der Waals surface area contributed by atoms with Crippen LogP contribution in [-0.4, -0.2) is 48.7 Å². The minimum Gasteiger partial charge on any atom is -0.385 e. The second-order valence-corrected chi connectivity index (χ2v) is 5.72. The van der Waals surface area contributed by atoms with Crippen LogP contribution < -0.4 is 5.32 Å². The minimum absolute atomic E-state index is 0.0758. The molecule has 0 aliphatic carbocycles. The Morgan fingerprint density at radius 2 is 2.08 bits per heavy atom. The summed E-state index contributed by atoms with van der Waals surface area (Å²) in [6, 6.07) is 11.1. The maximum absolute atomic E-state index is 12.5. The van der Waals surface area contributed by atoms with E-state index in [2.05, 4.69) is 10.5 Å². The van der Waals surface area contributed by atoms with Crippen LogP contribution >= 0.6 is 0 Å². The van der Waals surface area contributed by atoms with E-state index in [0.717, 1.165) is 5.56 Å². The van der Waals surface area contributed by atoms with Crippen molar-refractivity contribution in [3.63, 3.8) is 0 Å². The van der Waals surface area contributed by atoms with E-state index in [0.29, 0.717) is 31.2 Å². The Kier molecular flexibility index (Phi) is 7.57. The summed E-state index contributed by atoms with van der Waals surface area (Å²) >= 11 is 0. The van der Waals surface area contributed by atoms with Gasteiger partial charge in [-0.25, -0.2) is 0 Å². The molecular formula is C19H23N3O4. The smallest absolute Gasteiger partial charge is 0.247 e. The number of carbonyl (C=O) groups is 2. The molecule has 138 valence electrons. The van der Waals surface area contributed by atoms with Crippen LogP contribution in [0, 0.1) is 6.92 Å². The highest BCUT2D eigenvalue weighted by molar-refractivity contribution is 5.97. The highest BCUT2D eigenvalue weighted by Gasteiger charge is 2.16. The normalized spacial score (nSPS) is 10.8. The number of anilines is 1. The minimum atomic E-state index is -0.336. The van der Waals surface area contributed by atoms with Crippen molar-refractivity contribution in [3.05, 3.63) is 53.8 Å². The van der Waals surface area contributed by atoms with E-state index < -0.39 is 0 Å². The van der Waals surface area contributed by atoms with Crippen molar-refractivity contribution in [2.45, 2.75) is 13.3 Å². The maximum Gasteiger partial charge on any atom is 0.247 e. The van der Waals surface area contributed by atoms with Crippen molar-refractivity contribution in [3.8, 4) is 0 Å². The summed E-state index contributed by atoms with van der Waals surface area (Å²) in [7, 11) is 1.60. The van der Waals surface area contributed by atoms with E-state index in [1.807, 2.05) is 30.3 Å². The van der Waals surface area contributed by atoms with Gasteiger partial charge in [0, 0.05) is 32.4 Å². The second-order valence-electron chi connectivity index (χ2n) is 5.72. The molecule has 2 aromatic rings. The van der Waals surface area contributed by atoms with E-state index in [-0.39, 0.29) is 18.4 Å². The number of hydrogen-bond donors (Lipinski definition) is 1. The van der Waals surface area contributed by atoms with Crippen molar-refractivity contribution < 1.29 is 18.8 Å². The molecule has 2 amide bonds. The molecule has 0 bridgehead atoms. The van der Waals surface area contributed by atoms with Crippen LogP contribution in [0.1, 0.15) is 17.7 Å². The van der Waals surface area contributed by atoms with Gasteiger partial charge in [0.2, 0.25) is 11.8 Å². The largest absolute Gasteiger partial charge is 0.385 e. The molecule has 1 heterocycles. The molecule has 0 aliphatic rings. The average molecular weight is 357 g/mol. The summed E-state index contributed by atoms with van der Waals surface area (Å²) in [4.78, 5) is 26.2. The Hall–Kier alpha value is -2.93. The second kappa shape index (κ2) is 10.1. The van der Waals surface area contributed by atoms with Gasteiger partial charge in [-0.3, -0.25) is 9.59 Å². The van der Waals surface area contributed by atoms with Crippen LogP contribution in [-0.2, 0) is 14.3 Å². The summed E-state index contributed by atoms with van der Waals surface area (Å²) in [6.07, 6.45) is 3.83.